The summed E-state index contributed by atoms with van der Waals surface area (Å²) in [5, 5.41) is 9.98. The summed E-state index contributed by atoms with van der Waals surface area (Å²) in [6.45, 7) is 4.76. The topological polar surface area (TPSA) is 42.4 Å². The smallest absolute Gasteiger partial charge is 0.129 e. The first-order valence-electron chi connectivity index (χ1n) is 6.05. The Hall–Kier alpha value is -1.39. The lowest BCUT2D eigenvalue weighted by Crippen LogP contribution is -1.93. The van der Waals surface area contributed by atoms with Gasteiger partial charge in [0.15, 0.2) is 0 Å². The lowest BCUT2D eigenvalue weighted by Gasteiger charge is -2.07. The highest BCUT2D eigenvalue weighted by Crippen LogP contribution is 2.34. The van der Waals surface area contributed by atoms with Gasteiger partial charge in [0.2, 0.25) is 0 Å². The van der Waals surface area contributed by atoms with Crippen LogP contribution in [0.2, 0.25) is 0 Å². The lowest BCUT2D eigenvalue weighted by atomic mass is 10.2. The fourth-order valence-corrected chi connectivity index (χ4v) is 2.88. The van der Waals surface area contributed by atoms with Gasteiger partial charge in [-0.05, 0) is 26.0 Å². The first kappa shape index (κ1) is 13.1. The van der Waals surface area contributed by atoms with Gasteiger partial charge in [-0.25, -0.2) is 4.98 Å². The third-order valence-corrected chi connectivity index (χ3v) is 3.90. The van der Waals surface area contributed by atoms with Crippen LogP contribution in [-0.4, -0.2) is 23.3 Å². The van der Waals surface area contributed by atoms with Crippen molar-refractivity contribution in [2.45, 2.75) is 20.3 Å². The fraction of sp³-hybridized carbons (Fsp3) is 0.357. The van der Waals surface area contributed by atoms with Crippen LogP contribution in [0.15, 0.2) is 24.3 Å². The number of benzene rings is 1. The van der Waals surface area contributed by atoms with Crippen LogP contribution in [0.1, 0.15) is 17.5 Å². The van der Waals surface area contributed by atoms with Crippen molar-refractivity contribution < 1.29 is 9.84 Å². The maximum Gasteiger partial charge on any atom is 0.129 e. The van der Waals surface area contributed by atoms with Crippen molar-refractivity contribution in [2.75, 3.05) is 13.2 Å². The Morgan fingerprint density at radius 2 is 2.11 bits per heavy atom. The van der Waals surface area contributed by atoms with E-state index in [1.165, 1.54) is 0 Å². The number of hydrogen-bond donors (Lipinski definition) is 1. The molecule has 0 aliphatic rings. The SMILES string of the molecule is CCOc1ccccc1-c1nc(C)c(CCO)s1. The van der Waals surface area contributed by atoms with Crippen molar-refractivity contribution in [3.63, 3.8) is 0 Å². The Morgan fingerprint density at radius 1 is 1.33 bits per heavy atom. The van der Waals surface area contributed by atoms with Crippen LogP contribution in [0.3, 0.4) is 0 Å². The van der Waals surface area contributed by atoms with Gasteiger partial charge in [-0.3, -0.25) is 0 Å². The molecule has 96 valence electrons. The van der Waals surface area contributed by atoms with Crippen molar-refractivity contribution in [1.82, 2.24) is 4.98 Å². The summed E-state index contributed by atoms with van der Waals surface area (Å²) in [5.74, 6) is 0.865. The van der Waals surface area contributed by atoms with Crippen LogP contribution in [-0.2, 0) is 6.42 Å². The van der Waals surface area contributed by atoms with E-state index in [2.05, 4.69) is 4.98 Å². The molecule has 0 spiro atoms. The van der Waals surface area contributed by atoms with Crippen molar-refractivity contribution in [2.24, 2.45) is 0 Å². The number of aliphatic hydroxyl groups excluding tert-OH is 1. The zero-order valence-electron chi connectivity index (χ0n) is 10.6. The number of aryl methyl sites for hydroxylation is 1. The summed E-state index contributed by atoms with van der Waals surface area (Å²) in [5.41, 5.74) is 2.02. The number of nitrogens with zero attached hydrogens (tertiary/aromatic N) is 1. The second-order valence-electron chi connectivity index (χ2n) is 3.93. The van der Waals surface area contributed by atoms with E-state index >= 15 is 0 Å². The maximum absolute atomic E-state index is 9.02. The standard InChI is InChI=1S/C14H17NO2S/c1-3-17-12-7-5-4-6-11(12)14-15-10(2)13(18-14)8-9-16/h4-7,16H,3,8-9H2,1-2H3. The molecule has 2 aromatic rings. The predicted octanol–water partition coefficient (Wildman–Crippen LogP) is 3.05. The second kappa shape index (κ2) is 5.98. The van der Waals surface area contributed by atoms with E-state index in [1.54, 1.807) is 11.3 Å². The van der Waals surface area contributed by atoms with Gasteiger partial charge in [-0.2, -0.15) is 0 Å². The van der Waals surface area contributed by atoms with E-state index in [4.69, 9.17) is 9.84 Å². The van der Waals surface area contributed by atoms with Crippen LogP contribution in [0.4, 0.5) is 0 Å². The van der Waals surface area contributed by atoms with Crippen LogP contribution in [0.5, 0.6) is 5.75 Å². The summed E-state index contributed by atoms with van der Waals surface area (Å²) >= 11 is 1.63. The first-order valence-corrected chi connectivity index (χ1v) is 6.87. The van der Waals surface area contributed by atoms with Crippen molar-refractivity contribution in [1.29, 1.82) is 0 Å². The zero-order valence-corrected chi connectivity index (χ0v) is 11.5. The van der Waals surface area contributed by atoms with Crippen LogP contribution in [0, 0.1) is 6.92 Å². The molecule has 0 bridgehead atoms. The number of hydrogen-bond acceptors (Lipinski definition) is 4. The quantitative estimate of drug-likeness (QED) is 0.901. The van der Waals surface area contributed by atoms with Gasteiger partial charge in [-0.1, -0.05) is 12.1 Å². The minimum atomic E-state index is 0.162. The highest BCUT2D eigenvalue weighted by Gasteiger charge is 2.12. The van der Waals surface area contributed by atoms with Gasteiger partial charge >= 0.3 is 0 Å². The summed E-state index contributed by atoms with van der Waals surface area (Å²) in [6.07, 6.45) is 0.667. The number of ether oxygens (including phenoxy) is 1. The lowest BCUT2D eigenvalue weighted by molar-refractivity contribution is 0.300. The fourth-order valence-electron chi connectivity index (χ4n) is 1.80. The molecule has 1 aromatic carbocycles. The molecule has 2 rings (SSSR count). The van der Waals surface area contributed by atoms with Crippen molar-refractivity contribution in [3.8, 4) is 16.3 Å². The molecule has 1 aromatic heterocycles. The Morgan fingerprint density at radius 3 is 2.83 bits per heavy atom. The van der Waals surface area contributed by atoms with Crippen molar-refractivity contribution >= 4 is 11.3 Å². The molecule has 0 aliphatic heterocycles. The summed E-state index contributed by atoms with van der Waals surface area (Å²) in [4.78, 5) is 5.71. The molecule has 0 saturated carbocycles. The molecule has 0 radical (unpaired) electrons. The highest BCUT2D eigenvalue weighted by molar-refractivity contribution is 7.15. The molecule has 0 fully saturated rings. The van der Waals surface area contributed by atoms with Crippen molar-refractivity contribution in [3.05, 3.63) is 34.8 Å². The molecular weight excluding hydrogens is 246 g/mol. The largest absolute Gasteiger partial charge is 0.493 e. The predicted molar refractivity (Wildman–Crippen MR) is 74.2 cm³/mol. The Bertz CT molecular complexity index is 522. The monoisotopic (exact) mass is 263 g/mol. The average Bonchev–Trinajstić information content (AvgIpc) is 2.73. The molecule has 1 N–H and O–H groups in total. The van der Waals surface area contributed by atoms with E-state index in [1.807, 2.05) is 38.1 Å². The van der Waals surface area contributed by atoms with Crippen LogP contribution >= 0.6 is 11.3 Å². The van der Waals surface area contributed by atoms with Gasteiger partial charge in [0.05, 0.1) is 17.9 Å². The Labute approximate surface area is 111 Å². The van der Waals surface area contributed by atoms with E-state index in [0.717, 1.165) is 26.9 Å². The van der Waals surface area contributed by atoms with E-state index in [9.17, 15) is 0 Å². The number of thiazole rings is 1. The Balaban J connectivity index is 2.39. The molecule has 0 aliphatic carbocycles. The number of aromatic nitrogens is 1. The van der Waals surface area contributed by atoms with E-state index in [-0.39, 0.29) is 6.61 Å². The number of rotatable bonds is 5. The van der Waals surface area contributed by atoms with Gasteiger partial charge in [-0.15, -0.1) is 11.3 Å². The molecule has 0 amide bonds. The number of aliphatic hydroxyl groups is 1. The Kier molecular flexibility index (Phi) is 4.33. The maximum atomic E-state index is 9.02. The van der Waals surface area contributed by atoms with E-state index in [0.29, 0.717) is 13.0 Å². The third-order valence-electron chi connectivity index (χ3n) is 2.65. The summed E-state index contributed by atoms with van der Waals surface area (Å²) in [6, 6.07) is 7.93. The first-order chi connectivity index (χ1) is 8.76. The normalized spacial score (nSPS) is 10.6. The molecule has 3 nitrogen and oxygen atoms in total. The summed E-state index contributed by atoms with van der Waals surface area (Å²) in [7, 11) is 0. The zero-order chi connectivity index (χ0) is 13.0. The third kappa shape index (κ3) is 2.71. The van der Waals surface area contributed by atoms with Crippen LogP contribution in [0.25, 0.3) is 10.6 Å². The molecule has 0 saturated heterocycles. The molecule has 0 atom stereocenters. The van der Waals surface area contributed by atoms with Crippen LogP contribution < -0.4 is 4.74 Å². The molecule has 1 heterocycles. The minimum Gasteiger partial charge on any atom is -0.493 e. The minimum absolute atomic E-state index is 0.162. The second-order valence-corrected chi connectivity index (χ2v) is 5.01. The molecule has 18 heavy (non-hydrogen) atoms. The van der Waals surface area contributed by atoms with E-state index < -0.39 is 0 Å². The molecular formula is C14H17NO2S. The highest BCUT2D eigenvalue weighted by atomic mass is 32.1. The number of para-hydroxylation sites is 1. The molecule has 0 unspecified atom stereocenters. The van der Waals surface area contributed by atoms with Gasteiger partial charge in [0, 0.05) is 17.9 Å². The molecule has 4 heteroatoms. The van der Waals surface area contributed by atoms with Gasteiger partial charge < -0.3 is 9.84 Å². The van der Waals surface area contributed by atoms with Gasteiger partial charge in [0.1, 0.15) is 10.8 Å². The van der Waals surface area contributed by atoms with Gasteiger partial charge in [0.25, 0.3) is 0 Å². The summed E-state index contributed by atoms with van der Waals surface area (Å²) < 4.78 is 5.62. The average molecular weight is 263 g/mol.